The fourth-order valence-corrected chi connectivity index (χ4v) is 1.89. The number of hydrogen-bond donors (Lipinski definition) is 1. The summed E-state index contributed by atoms with van der Waals surface area (Å²) in [5, 5.41) is 2.24. The Bertz CT molecular complexity index is 462. The fourth-order valence-electron chi connectivity index (χ4n) is 1.63. The molecule has 1 aromatic rings. The number of nitrogens with one attached hydrogen (secondary N) is 1. The maximum atomic E-state index is 12.4. The highest BCUT2D eigenvalue weighted by molar-refractivity contribution is 9.10. The first-order chi connectivity index (χ1) is 9.19. The van der Waals surface area contributed by atoms with Crippen LogP contribution in [0.3, 0.4) is 0 Å². The summed E-state index contributed by atoms with van der Waals surface area (Å²) in [6.45, 7) is 1.79. The van der Waals surface area contributed by atoms with Crippen molar-refractivity contribution in [1.82, 2.24) is 5.32 Å². The van der Waals surface area contributed by atoms with Crippen molar-refractivity contribution in [2.75, 3.05) is 13.2 Å². The van der Waals surface area contributed by atoms with Gasteiger partial charge in [0.15, 0.2) is 0 Å². The van der Waals surface area contributed by atoms with Crippen LogP contribution in [-0.4, -0.2) is 25.3 Å². The summed E-state index contributed by atoms with van der Waals surface area (Å²) in [5.74, 6) is -0.744. The van der Waals surface area contributed by atoms with Crippen molar-refractivity contribution < 1.29 is 22.7 Å². The first-order valence-corrected chi connectivity index (χ1v) is 6.73. The van der Waals surface area contributed by atoms with Gasteiger partial charge in [0.05, 0.1) is 13.2 Å². The molecule has 0 amide bonds. The van der Waals surface area contributed by atoms with Crippen molar-refractivity contribution in [2.45, 2.75) is 25.6 Å². The number of carbonyl (C=O) groups excluding carboxylic acids is 1. The van der Waals surface area contributed by atoms with Crippen LogP contribution in [0.5, 0.6) is 0 Å². The van der Waals surface area contributed by atoms with Crippen molar-refractivity contribution in [3.63, 3.8) is 0 Å². The first-order valence-electron chi connectivity index (χ1n) is 5.94. The lowest BCUT2D eigenvalue weighted by Crippen LogP contribution is -2.50. The highest BCUT2D eigenvalue weighted by Gasteiger charge is 2.40. The van der Waals surface area contributed by atoms with E-state index >= 15 is 0 Å². The minimum Gasteiger partial charge on any atom is -0.464 e. The molecule has 0 aromatic heterocycles. The zero-order valence-corrected chi connectivity index (χ0v) is 12.6. The number of halogens is 4. The van der Waals surface area contributed by atoms with Gasteiger partial charge >= 0.3 is 12.1 Å². The van der Waals surface area contributed by atoms with Crippen molar-refractivity contribution in [3.8, 4) is 0 Å². The number of rotatable bonds is 5. The molecule has 0 spiro atoms. The molecule has 0 heterocycles. The molecule has 0 aliphatic rings. The molecule has 0 radical (unpaired) electrons. The summed E-state index contributed by atoms with van der Waals surface area (Å²) in [6.07, 6.45) is -4.41. The SMILES string of the molecule is CCOC(=O)C(C)(NCC(F)(F)F)c1ccc(Br)cc1. The van der Waals surface area contributed by atoms with E-state index in [4.69, 9.17) is 4.74 Å². The van der Waals surface area contributed by atoms with Gasteiger partial charge in [0.25, 0.3) is 0 Å². The van der Waals surface area contributed by atoms with Crippen LogP contribution in [0.1, 0.15) is 19.4 Å². The maximum Gasteiger partial charge on any atom is 0.401 e. The van der Waals surface area contributed by atoms with Gasteiger partial charge in [-0.1, -0.05) is 28.1 Å². The van der Waals surface area contributed by atoms with Gasteiger partial charge in [-0.3, -0.25) is 5.32 Å². The first kappa shape index (κ1) is 17.0. The van der Waals surface area contributed by atoms with Crippen molar-refractivity contribution in [2.24, 2.45) is 0 Å². The van der Waals surface area contributed by atoms with Crippen LogP contribution in [0.15, 0.2) is 28.7 Å². The molecule has 1 aromatic carbocycles. The smallest absolute Gasteiger partial charge is 0.401 e. The van der Waals surface area contributed by atoms with Crippen LogP contribution < -0.4 is 5.32 Å². The minimum absolute atomic E-state index is 0.0959. The van der Waals surface area contributed by atoms with Crippen LogP contribution in [0.2, 0.25) is 0 Å². The van der Waals surface area contributed by atoms with Crippen LogP contribution in [0.4, 0.5) is 13.2 Å². The van der Waals surface area contributed by atoms with Gasteiger partial charge in [-0.2, -0.15) is 13.2 Å². The third-order valence-corrected chi connectivity index (χ3v) is 3.28. The number of esters is 1. The molecule has 1 unspecified atom stereocenters. The Labute approximate surface area is 123 Å². The summed E-state index contributed by atoms with van der Waals surface area (Å²) >= 11 is 3.23. The lowest BCUT2D eigenvalue weighted by atomic mass is 9.92. The van der Waals surface area contributed by atoms with Gasteiger partial charge in [0, 0.05) is 4.47 Å². The van der Waals surface area contributed by atoms with E-state index in [1.165, 1.54) is 6.92 Å². The van der Waals surface area contributed by atoms with Gasteiger partial charge in [-0.25, -0.2) is 4.79 Å². The van der Waals surface area contributed by atoms with Crippen LogP contribution in [-0.2, 0) is 15.1 Å². The summed E-state index contributed by atoms with van der Waals surface area (Å²) in [7, 11) is 0. The van der Waals surface area contributed by atoms with E-state index < -0.39 is 24.2 Å². The highest BCUT2D eigenvalue weighted by Crippen LogP contribution is 2.26. The number of benzene rings is 1. The predicted octanol–water partition coefficient (Wildman–Crippen LogP) is 3.38. The van der Waals surface area contributed by atoms with E-state index in [-0.39, 0.29) is 6.61 Å². The number of hydrogen-bond acceptors (Lipinski definition) is 3. The third-order valence-electron chi connectivity index (χ3n) is 2.75. The van der Waals surface area contributed by atoms with Crippen LogP contribution in [0.25, 0.3) is 0 Å². The van der Waals surface area contributed by atoms with Gasteiger partial charge in [-0.05, 0) is 31.5 Å². The molecule has 20 heavy (non-hydrogen) atoms. The Morgan fingerprint density at radius 2 is 1.85 bits per heavy atom. The molecule has 3 nitrogen and oxygen atoms in total. The molecular formula is C13H15BrF3NO2. The molecular weight excluding hydrogens is 339 g/mol. The summed E-state index contributed by atoms with van der Waals surface area (Å²) in [5.41, 5.74) is -1.14. The van der Waals surface area contributed by atoms with E-state index in [1.807, 2.05) is 0 Å². The van der Waals surface area contributed by atoms with Gasteiger partial charge in [-0.15, -0.1) is 0 Å². The van der Waals surface area contributed by atoms with Crippen molar-refractivity contribution in [1.29, 1.82) is 0 Å². The lowest BCUT2D eigenvalue weighted by molar-refractivity contribution is -0.155. The Kier molecular flexibility index (Phi) is 5.59. The maximum absolute atomic E-state index is 12.4. The van der Waals surface area contributed by atoms with Crippen molar-refractivity contribution >= 4 is 21.9 Å². The molecule has 0 saturated heterocycles. The van der Waals surface area contributed by atoms with Gasteiger partial charge in [0.2, 0.25) is 0 Å². The number of carbonyl (C=O) groups is 1. The quantitative estimate of drug-likeness (QED) is 0.824. The Hall–Kier alpha value is -1.08. The Morgan fingerprint density at radius 1 is 1.30 bits per heavy atom. The third kappa shape index (κ3) is 4.49. The molecule has 0 saturated carbocycles. The summed E-state index contributed by atoms with van der Waals surface area (Å²) in [4.78, 5) is 12.0. The Balaban J connectivity index is 3.06. The zero-order chi connectivity index (χ0) is 15.4. The van der Waals surface area contributed by atoms with Crippen LogP contribution >= 0.6 is 15.9 Å². The molecule has 1 atom stereocenters. The monoisotopic (exact) mass is 353 g/mol. The molecule has 1 N–H and O–H groups in total. The van der Waals surface area contributed by atoms with E-state index in [0.717, 1.165) is 4.47 Å². The molecule has 0 bridgehead atoms. The standard InChI is InChI=1S/C13H15BrF3NO2/c1-3-20-11(19)12(2,18-8-13(15,16)17)9-4-6-10(14)7-5-9/h4-7,18H,3,8H2,1-2H3. The normalized spacial score (nSPS) is 14.7. The second-order valence-electron chi connectivity index (χ2n) is 4.32. The van der Waals surface area contributed by atoms with Gasteiger partial charge < -0.3 is 4.74 Å². The van der Waals surface area contributed by atoms with E-state index in [9.17, 15) is 18.0 Å². The van der Waals surface area contributed by atoms with Crippen molar-refractivity contribution in [3.05, 3.63) is 34.3 Å². The topological polar surface area (TPSA) is 38.3 Å². The fraction of sp³-hybridized carbons (Fsp3) is 0.462. The summed E-state index contributed by atoms with van der Waals surface area (Å²) < 4.78 is 42.8. The van der Waals surface area contributed by atoms with E-state index in [0.29, 0.717) is 5.56 Å². The molecule has 112 valence electrons. The number of alkyl halides is 3. The second kappa shape index (κ2) is 6.58. The average molecular weight is 354 g/mol. The van der Waals surface area contributed by atoms with E-state index in [2.05, 4.69) is 21.2 Å². The zero-order valence-electron chi connectivity index (χ0n) is 11.1. The summed E-state index contributed by atoms with van der Waals surface area (Å²) in [6, 6.07) is 6.46. The van der Waals surface area contributed by atoms with Crippen LogP contribution in [0, 0.1) is 0 Å². The average Bonchev–Trinajstić information content (AvgIpc) is 2.36. The lowest BCUT2D eigenvalue weighted by Gasteiger charge is -2.29. The minimum atomic E-state index is -4.41. The molecule has 0 fully saturated rings. The Morgan fingerprint density at radius 3 is 2.30 bits per heavy atom. The highest BCUT2D eigenvalue weighted by atomic mass is 79.9. The number of ether oxygens (including phenoxy) is 1. The predicted molar refractivity (Wildman–Crippen MR) is 72.2 cm³/mol. The van der Waals surface area contributed by atoms with E-state index in [1.54, 1.807) is 31.2 Å². The molecule has 0 aliphatic heterocycles. The largest absolute Gasteiger partial charge is 0.464 e. The van der Waals surface area contributed by atoms with Gasteiger partial charge in [0.1, 0.15) is 5.54 Å². The molecule has 1 rings (SSSR count). The molecule has 0 aliphatic carbocycles. The second-order valence-corrected chi connectivity index (χ2v) is 5.24. The molecule has 7 heteroatoms.